The molecule has 0 aliphatic carbocycles. The van der Waals surface area contributed by atoms with Gasteiger partial charge in [0.2, 0.25) is 0 Å². The quantitative estimate of drug-likeness (QED) is 0.701. The molecule has 0 N–H and O–H groups in total. The van der Waals surface area contributed by atoms with Crippen LogP contribution < -0.4 is 0 Å². The van der Waals surface area contributed by atoms with Crippen LogP contribution in [0.2, 0.25) is 0 Å². The molecular formula is C10H14BrClS. The molecule has 0 saturated heterocycles. The van der Waals surface area contributed by atoms with Crippen LogP contribution in [0.4, 0.5) is 0 Å². The molecule has 1 aromatic rings. The first-order chi connectivity index (χ1) is 6.08. The van der Waals surface area contributed by atoms with Crippen molar-refractivity contribution in [1.29, 1.82) is 0 Å². The van der Waals surface area contributed by atoms with Crippen LogP contribution in [0.3, 0.4) is 0 Å². The first-order valence-corrected chi connectivity index (χ1v) is 6.56. The highest BCUT2D eigenvalue weighted by Crippen LogP contribution is 2.24. The predicted octanol–water partition coefficient (Wildman–Crippen LogP) is 4.71. The van der Waals surface area contributed by atoms with E-state index in [1.165, 1.54) is 9.35 Å². The molecule has 13 heavy (non-hydrogen) atoms. The van der Waals surface area contributed by atoms with Gasteiger partial charge in [-0.05, 0) is 47.7 Å². The lowest BCUT2D eigenvalue weighted by molar-refractivity contribution is 0.530. The Balaban J connectivity index is 2.40. The molecule has 0 aromatic carbocycles. The van der Waals surface area contributed by atoms with Gasteiger partial charge in [-0.2, -0.15) is 0 Å². The molecule has 2 unspecified atom stereocenters. The molecule has 0 nitrogen and oxygen atoms in total. The Morgan fingerprint density at radius 2 is 2.23 bits per heavy atom. The highest BCUT2D eigenvalue weighted by atomic mass is 79.9. The number of alkyl halides is 1. The summed E-state index contributed by atoms with van der Waals surface area (Å²) in [5.74, 6) is 0.679. The summed E-state index contributed by atoms with van der Waals surface area (Å²) in [6.07, 6.45) is 2.24. The van der Waals surface area contributed by atoms with Gasteiger partial charge < -0.3 is 0 Å². The SMILES string of the molecule is CC(Cl)CC(C)Cc1cc(Br)cs1. The minimum Gasteiger partial charge on any atom is -0.148 e. The van der Waals surface area contributed by atoms with Crippen molar-refractivity contribution in [2.24, 2.45) is 5.92 Å². The predicted molar refractivity (Wildman–Crippen MR) is 64.8 cm³/mol. The lowest BCUT2D eigenvalue weighted by Crippen LogP contribution is -2.04. The lowest BCUT2D eigenvalue weighted by atomic mass is 10.0. The number of hydrogen-bond acceptors (Lipinski definition) is 1. The van der Waals surface area contributed by atoms with Crippen LogP contribution in [0.15, 0.2) is 15.9 Å². The van der Waals surface area contributed by atoms with Crippen molar-refractivity contribution in [3.05, 3.63) is 20.8 Å². The average Bonchev–Trinajstić information content (AvgIpc) is 2.33. The smallest absolute Gasteiger partial charge is 0.0310 e. The summed E-state index contributed by atoms with van der Waals surface area (Å²) in [5.41, 5.74) is 0. The molecule has 0 aliphatic heterocycles. The topological polar surface area (TPSA) is 0 Å². The van der Waals surface area contributed by atoms with Gasteiger partial charge in [-0.15, -0.1) is 22.9 Å². The Morgan fingerprint density at radius 1 is 1.54 bits per heavy atom. The van der Waals surface area contributed by atoms with E-state index in [0.29, 0.717) is 11.3 Å². The molecule has 0 aliphatic rings. The van der Waals surface area contributed by atoms with Crippen LogP contribution in [0, 0.1) is 5.92 Å². The van der Waals surface area contributed by atoms with Gasteiger partial charge in [-0.25, -0.2) is 0 Å². The minimum atomic E-state index is 0.290. The van der Waals surface area contributed by atoms with E-state index in [9.17, 15) is 0 Å². The van der Waals surface area contributed by atoms with Gasteiger partial charge in [-0.3, -0.25) is 0 Å². The van der Waals surface area contributed by atoms with Crippen molar-refractivity contribution in [3.8, 4) is 0 Å². The molecule has 0 spiro atoms. The van der Waals surface area contributed by atoms with Crippen LogP contribution in [0.25, 0.3) is 0 Å². The van der Waals surface area contributed by atoms with E-state index in [2.05, 4.69) is 41.2 Å². The van der Waals surface area contributed by atoms with Crippen molar-refractivity contribution in [2.75, 3.05) is 0 Å². The second-order valence-electron chi connectivity index (χ2n) is 3.56. The molecule has 1 aromatic heterocycles. The molecule has 0 radical (unpaired) electrons. The van der Waals surface area contributed by atoms with Gasteiger partial charge in [0.05, 0.1) is 0 Å². The maximum atomic E-state index is 5.94. The maximum absolute atomic E-state index is 5.94. The van der Waals surface area contributed by atoms with Crippen molar-refractivity contribution >= 4 is 38.9 Å². The fourth-order valence-corrected chi connectivity index (χ4v) is 3.36. The van der Waals surface area contributed by atoms with E-state index in [1.807, 2.05) is 11.3 Å². The van der Waals surface area contributed by atoms with Crippen molar-refractivity contribution in [1.82, 2.24) is 0 Å². The van der Waals surface area contributed by atoms with E-state index < -0.39 is 0 Å². The number of hydrogen-bond donors (Lipinski definition) is 0. The average molecular weight is 282 g/mol. The van der Waals surface area contributed by atoms with Gasteiger partial charge in [0.1, 0.15) is 0 Å². The highest BCUT2D eigenvalue weighted by Gasteiger charge is 2.08. The normalized spacial score (nSPS) is 15.7. The van der Waals surface area contributed by atoms with Crippen molar-refractivity contribution in [3.63, 3.8) is 0 Å². The fourth-order valence-electron chi connectivity index (χ4n) is 1.44. The van der Waals surface area contributed by atoms with E-state index in [4.69, 9.17) is 11.6 Å². The standard InChI is InChI=1S/C10H14BrClS/c1-7(3-8(2)12)4-10-5-9(11)6-13-10/h5-8H,3-4H2,1-2H3. The van der Waals surface area contributed by atoms with Crippen molar-refractivity contribution < 1.29 is 0 Å². The summed E-state index contributed by atoms with van der Waals surface area (Å²) in [7, 11) is 0. The fraction of sp³-hybridized carbons (Fsp3) is 0.600. The minimum absolute atomic E-state index is 0.290. The molecule has 0 fully saturated rings. The van der Waals surface area contributed by atoms with E-state index in [1.54, 1.807) is 0 Å². The van der Waals surface area contributed by atoms with Crippen LogP contribution in [0.5, 0.6) is 0 Å². The molecule has 74 valence electrons. The van der Waals surface area contributed by atoms with E-state index in [0.717, 1.165) is 12.8 Å². The molecule has 1 rings (SSSR count). The Hall–Kier alpha value is 0.470. The molecule has 3 heteroatoms. The zero-order valence-electron chi connectivity index (χ0n) is 7.89. The van der Waals surface area contributed by atoms with Gasteiger partial charge >= 0.3 is 0 Å². The van der Waals surface area contributed by atoms with Crippen LogP contribution in [-0.2, 0) is 6.42 Å². The summed E-state index contributed by atoms with van der Waals surface area (Å²) >= 11 is 11.2. The van der Waals surface area contributed by atoms with Crippen LogP contribution in [0.1, 0.15) is 25.1 Å². The Labute approximate surface area is 97.4 Å². The third-order valence-electron chi connectivity index (χ3n) is 1.90. The largest absolute Gasteiger partial charge is 0.148 e. The zero-order chi connectivity index (χ0) is 9.84. The summed E-state index contributed by atoms with van der Waals surface area (Å²) in [4.78, 5) is 1.44. The number of rotatable bonds is 4. The molecule has 0 saturated carbocycles. The Bertz CT molecular complexity index is 257. The highest BCUT2D eigenvalue weighted by molar-refractivity contribution is 9.10. The monoisotopic (exact) mass is 280 g/mol. The number of halogens is 2. The van der Waals surface area contributed by atoms with Crippen LogP contribution in [-0.4, -0.2) is 5.38 Å². The number of thiophene rings is 1. The van der Waals surface area contributed by atoms with Gasteiger partial charge in [-0.1, -0.05) is 6.92 Å². The summed E-state index contributed by atoms with van der Waals surface area (Å²) in [5, 5.41) is 2.42. The van der Waals surface area contributed by atoms with E-state index >= 15 is 0 Å². The summed E-state index contributed by atoms with van der Waals surface area (Å²) in [6.45, 7) is 4.31. The maximum Gasteiger partial charge on any atom is 0.0310 e. The van der Waals surface area contributed by atoms with Crippen molar-refractivity contribution in [2.45, 2.75) is 32.1 Å². The first kappa shape index (κ1) is 11.5. The molecule has 1 heterocycles. The zero-order valence-corrected chi connectivity index (χ0v) is 11.0. The molecule has 2 atom stereocenters. The van der Waals surface area contributed by atoms with Gasteiger partial charge in [0, 0.05) is 20.1 Å². The first-order valence-electron chi connectivity index (χ1n) is 4.45. The third kappa shape index (κ3) is 4.48. The second-order valence-corrected chi connectivity index (χ2v) is 6.21. The molecule has 0 bridgehead atoms. The molecule has 0 amide bonds. The second kappa shape index (κ2) is 5.38. The lowest BCUT2D eigenvalue weighted by Gasteiger charge is -2.10. The Morgan fingerprint density at radius 3 is 2.69 bits per heavy atom. The van der Waals surface area contributed by atoms with Crippen LogP contribution >= 0.6 is 38.9 Å². The molecular weight excluding hydrogens is 268 g/mol. The summed E-state index contributed by atoms with van der Waals surface area (Å²) < 4.78 is 1.19. The van der Waals surface area contributed by atoms with Gasteiger partial charge in [0.15, 0.2) is 0 Å². The van der Waals surface area contributed by atoms with Gasteiger partial charge in [0.25, 0.3) is 0 Å². The third-order valence-corrected chi connectivity index (χ3v) is 3.80. The Kier molecular flexibility index (Phi) is 4.77. The summed E-state index contributed by atoms with van der Waals surface area (Å²) in [6, 6.07) is 2.19. The van der Waals surface area contributed by atoms with E-state index in [-0.39, 0.29) is 0 Å².